The van der Waals surface area contributed by atoms with Crippen molar-refractivity contribution in [2.75, 3.05) is 6.26 Å². The summed E-state index contributed by atoms with van der Waals surface area (Å²) >= 11 is 0. The smallest absolute Gasteiger partial charge is 0.264 e. The molecule has 0 saturated heterocycles. The number of carbonyl (C=O) groups excluding carboxylic acids is 1. The Hall–Kier alpha value is -3.03. The SMILES string of the molecule is Cc1c(-c2ccc(C#N)cc2F)ccn(CC[C@](C)(C(=O)NO)S(C)(=O)=O)c1=O. The van der Waals surface area contributed by atoms with Gasteiger partial charge in [0.15, 0.2) is 14.6 Å². The highest BCUT2D eigenvalue weighted by atomic mass is 32.2. The minimum Gasteiger partial charge on any atom is -0.315 e. The van der Waals surface area contributed by atoms with E-state index in [1.807, 2.05) is 6.07 Å². The first-order valence-electron chi connectivity index (χ1n) is 8.50. The summed E-state index contributed by atoms with van der Waals surface area (Å²) in [6, 6.07) is 7.26. The van der Waals surface area contributed by atoms with Crippen molar-refractivity contribution in [1.29, 1.82) is 5.26 Å². The molecule has 0 fully saturated rings. The molecule has 0 aliphatic carbocycles. The van der Waals surface area contributed by atoms with E-state index in [1.54, 1.807) is 0 Å². The number of benzene rings is 1. The second-order valence-electron chi connectivity index (χ2n) is 6.85. The predicted octanol–water partition coefficient (Wildman–Crippen LogP) is 1.53. The minimum atomic E-state index is -3.90. The van der Waals surface area contributed by atoms with Crippen LogP contribution in [0.5, 0.6) is 0 Å². The van der Waals surface area contributed by atoms with Gasteiger partial charge in [-0.05, 0) is 44.0 Å². The van der Waals surface area contributed by atoms with Crippen molar-refractivity contribution in [3.05, 3.63) is 57.8 Å². The van der Waals surface area contributed by atoms with Crippen LogP contribution in [0.2, 0.25) is 0 Å². The standard InChI is InChI=1S/C19H20FN3O5S/c1-12-14(15-5-4-13(11-21)10-16(15)20)6-8-23(17(12)24)9-7-19(2,18(25)22-26)29(3,27)28/h4-6,8,10,26H,7,9H2,1-3H3,(H,22,25)/t19-/m1/s1. The van der Waals surface area contributed by atoms with Crippen molar-refractivity contribution in [2.45, 2.75) is 31.6 Å². The van der Waals surface area contributed by atoms with Gasteiger partial charge in [0.2, 0.25) is 0 Å². The van der Waals surface area contributed by atoms with Crippen LogP contribution in [0.25, 0.3) is 11.1 Å². The number of hydrogen-bond donors (Lipinski definition) is 2. The van der Waals surface area contributed by atoms with Crippen LogP contribution in [0, 0.1) is 24.1 Å². The molecule has 2 N–H and O–H groups in total. The molecule has 1 heterocycles. The van der Waals surface area contributed by atoms with Gasteiger partial charge in [0, 0.05) is 30.1 Å². The molecule has 1 aromatic heterocycles. The van der Waals surface area contributed by atoms with Crippen LogP contribution in [0.15, 0.2) is 35.3 Å². The molecule has 2 rings (SSSR count). The molecule has 2 aromatic rings. The summed E-state index contributed by atoms with van der Waals surface area (Å²) in [5.41, 5.74) is 1.75. The highest BCUT2D eigenvalue weighted by Crippen LogP contribution is 2.26. The van der Waals surface area contributed by atoms with Crippen molar-refractivity contribution in [2.24, 2.45) is 0 Å². The van der Waals surface area contributed by atoms with E-state index in [1.165, 1.54) is 41.4 Å². The lowest BCUT2D eigenvalue weighted by molar-refractivity contribution is -0.131. The number of nitrogens with one attached hydrogen (secondary N) is 1. The van der Waals surface area contributed by atoms with Crippen molar-refractivity contribution in [3.63, 3.8) is 0 Å². The molecule has 1 amide bonds. The second kappa shape index (κ2) is 8.14. The number of sulfone groups is 1. The van der Waals surface area contributed by atoms with Crippen LogP contribution in [0.1, 0.15) is 24.5 Å². The Morgan fingerprint density at radius 1 is 1.34 bits per heavy atom. The van der Waals surface area contributed by atoms with E-state index in [0.29, 0.717) is 5.56 Å². The number of hydroxylamine groups is 1. The number of nitrogens with zero attached hydrogens (tertiary/aromatic N) is 2. The summed E-state index contributed by atoms with van der Waals surface area (Å²) in [7, 11) is -3.90. The first kappa shape index (κ1) is 22.3. The van der Waals surface area contributed by atoms with E-state index in [2.05, 4.69) is 0 Å². The van der Waals surface area contributed by atoms with Gasteiger partial charge in [-0.1, -0.05) is 6.07 Å². The van der Waals surface area contributed by atoms with Gasteiger partial charge >= 0.3 is 0 Å². The Labute approximate surface area is 167 Å². The monoisotopic (exact) mass is 421 g/mol. The van der Waals surface area contributed by atoms with Crippen LogP contribution < -0.4 is 11.0 Å². The van der Waals surface area contributed by atoms with Crippen molar-refractivity contribution >= 4 is 15.7 Å². The van der Waals surface area contributed by atoms with Gasteiger partial charge in [-0.3, -0.25) is 14.8 Å². The summed E-state index contributed by atoms with van der Waals surface area (Å²) in [5, 5.41) is 17.7. The topological polar surface area (TPSA) is 129 Å². The fraction of sp³-hybridized carbons (Fsp3) is 0.316. The maximum Gasteiger partial charge on any atom is 0.264 e. The molecule has 1 atom stereocenters. The Kier molecular flexibility index (Phi) is 6.25. The van der Waals surface area contributed by atoms with Crippen LogP contribution in [0.4, 0.5) is 4.39 Å². The zero-order valence-electron chi connectivity index (χ0n) is 16.1. The van der Waals surface area contributed by atoms with Crippen molar-refractivity contribution in [1.82, 2.24) is 10.0 Å². The van der Waals surface area contributed by atoms with E-state index in [9.17, 15) is 22.4 Å². The zero-order valence-corrected chi connectivity index (χ0v) is 16.9. The molecule has 0 aliphatic rings. The Bertz CT molecular complexity index is 1170. The maximum atomic E-state index is 14.3. The summed E-state index contributed by atoms with van der Waals surface area (Å²) in [6.07, 6.45) is 1.98. The number of hydrogen-bond acceptors (Lipinski definition) is 6. The van der Waals surface area contributed by atoms with E-state index in [0.717, 1.165) is 19.2 Å². The van der Waals surface area contributed by atoms with Crippen LogP contribution in [-0.2, 0) is 21.2 Å². The van der Waals surface area contributed by atoms with Crippen molar-refractivity contribution in [3.8, 4) is 17.2 Å². The average Bonchev–Trinajstić information content (AvgIpc) is 2.67. The molecule has 0 bridgehead atoms. The van der Waals surface area contributed by atoms with Gasteiger partial charge in [-0.2, -0.15) is 5.26 Å². The zero-order chi connectivity index (χ0) is 22.0. The lowest BCUT2D eigenvalue weighted by atomic mass is 10.00. The van der Waals surface area contributed by atoms with Crippen LogP contribution in [0.3, 0.4) is 0 Å². The number of carbonyl (C=O) groups is 1. The number of aromatic nitrogens is 1. The molecule has 0 saturated carbocycles. The summed E-state index contributed by atoms with van der Waals surface area (Å²) in [5.74, 6) is -1.74. The number of nitriles is 1. The van der Waals surface area contributed by atoms with Crippen molar-refractivity contribution < 1.29 is 22.8 Å². The van der Waals surface area contributed by atoms with Gasteiger partial charge in [0.1, 0.15) is 5.82 Å². The highest BCUT2D eigenvalue weighted by Gasteiger charge is 2.43. The lowest BCUT2D eigenvalue weighted by Gasteiger charge is -2.25. The van der Waals surface area contributed by atoms with Crippen LogP contribution >= 0.6 is 0 Å². The molecule has 154 valence electrons. The summed E-state index contributed by atoms with van der Waals surface area (Å²) in [4.78, 5) is 24.6. The molecule has 29 heavy (non-hydrogen) atoms. The number of amides is 1. The van der Waals surface area contributed by atoms with E-state index >= 15 is 0 Å². The molecule has 8 nitrogen and oxygen atoms in total. The summed E-state index contributed by atoms with van der Waals surface area (Å²) in [6.45, 7) is 2.54. The predicted molar refractivity (Wildman–Crippen MR) is 103 cm³/mol. The average molecular weight is 421 g/mol. The first-order chi connectivity index (χ1) is 13.5. The van der Waals surface area contributed by atoms with Gasteiger partial charge in [0.05, 0.1) is 11.6 Å². The normalized spacial score (nSPS) is 13.4. The highest BCUT2D eigenvalue weighted by molar-refractivity contribution is 7.92. The molecule has 0 unspecified atom stereocenters. The van der Waals surface area contributed by atoms with Gasteiger partial charge in [0.25, 0.3) is 11.5 Å². The third kappa shape index (κ3) is 4.21. The molecule has 0 radical (unpaired) electrons. The van der Waals surface area contributed by atoms with Gasteiger partial charge in [-0.25, -0.2) is 18.3 Å². The molecule has 1 aromatic carbocycles. The third-order valence-electron chi connectivity index (χ3n) is 5.03. The number of aryl methyl sites for hydroxylation is 1. The van der Waals surface area contributed by atoms with E-state index in [-0.39, 0.29) is 29.7 Å². The molecule has 10 heteroatoms. The Balaban J connectivity index is 2.41. The fourth-order valence-electron chi connectivity index (χ4n) is 2.88. The van der Waals surface area contributed by atoms with E-state index < -0.39 is 31.9 Å². The lowest BCUT2D eigenvalue weighted by Crippen LogP contribution is -2.50. The quantitative estimate of drug-likeness (QED) is 0.538. The second-order valence-corrected chi connectivity index (χ2v) is 9.30. The summed E-state index contributed by atoms with van der Waals surface area (Å²) < 4.78 is 37.6. The molecular formula is C19H20FN3O5S. The van der Waals surface area contributed by atoms with Gasteiger partial charge in [-0.15, -0.1) is 0 Å². The maximum absolute atomic E-state index is 14.3. The Morgan fingerprint density at radius 2 is 2.00 bits per heavy atom. The molecular weight excluding hydrogens is 401 g/mol. The minimum absolute atomic E-state index is 0.118. The third-order valence-corrected chi connectivity index (χ3v) is 7.05. The largest absolute Gasteiger partial charge is 0.315 e. The number of pyridine rings is 1. The Morgan fingerprint density at radius 3 is 2.52 bits per heavy atom. The molecule has 0 aliphatic heterocycles. The molecule has 0 spiro atoms. The fourth-order valence-corrected chi connectivity index (χ4v) is 3.72. The van der Waals surface area contributed by atoms with E-state index in [4.69, 9.17) is 10.5 Å². The first-order valence-corrected chi connectivity index (χ1v) is 10.4. The number of rotatable bonds is 6. The van der Waals surface area contributed by atoms with Gasteiger partial charge < -0.3 is 4.57 Å². The number of halogens is 1. The van der Waals surface area contributed by atoms with Crippen LogP contribution in [-0.4, -0.2) is 35.1 Å².